The van der Waals surface area contributed by atoms with Crippen LogP contribution in [0.5, 0.6) is 11.5 Å². The fourth-order valence-corrected chi connectivity index (χ4v) is 5.02. The first-order valence-electron chi connectivity index (χ1n) is 14.3. The normalized spacial score (nSPS) is 11.6. The van der Waals surface area contributed by atoms with E-state index in [4.69, 9.17) is 9.47 Å². The largest absolute Gasteiger partial charge is 0.508 e. The molecule has 242 valence electrons. The maximum atomic E-state index is 9.25. The molecule has 0 aromatic heterocycles. The molecule has 0 amide bonds. The summed E-state index contributed by atoms with van der Waals surface area (Å²) in [6.45, 7) is 24.7. The van der Waals surface area contributed by atoms with Crippen LogP contribution in [0.15, 0.2) is 48.5 Å². The molecule has 0 atom stereocenters. The van der Waals surface area contributed by atoms with Gasteiger partial charge in [0.15, 0.2) is 6.79 Å². The van der Waals surface area contributed by atoms with Crippen LogP contribution in [-0.4, -0.2) is 45.3 Å². The van der Waals surface area contributed by atoms with Crippen LogP contribution in [0.2, 0.25) is 0 Å². The first kappa shape index (κ1) is 42.0. The van der Waals surface area contributed by atoms with Crippen molar-refractivity contribution < 1.29 is 28.8 Å². The van der Waals surface area contributed by atoms with Crippen molar-refractivity contribution in [2.75, 3.05) is 34.9 Å². The van der Waals surface area contributed by atoms with Gasteiger partial charge in [-0.05, 0) is 81.5 Å². The van der Waals surface area contributed by atoms with Gasteiger partial charge >= 0.3 is 0 Å². The Kier molecular flexibility index (Phi) is 20.0. The summed E-state index contributed by atoms with van der Waals surface area (Å²) in [5.74, 6) is 1.19. The molecule has 0 aliphatic carbocycles. The van der Waals surface area contributed by atoms with Gasteiger partial charge in [0.05, 0.1) is 0 Å². The highest BCUT2D eigenvalue weighted by Gasteiger charge is 2.28. The van der Waals surface area contributed by atoms with E-state index >= 15 is 0 Å². The van der Waals surface area contributed by atoms with Crippen LogP contribution < -0.4 is 4.74 Å². The lowest BCUT2D eigenvalue weighted by atomic mass is 9.72. The van der Waals surface area contributed by atoms with E-state index in [9.17, 15) is 9.90 Å². The van der Waals surface area contributed by atoms with Crippen LogP contribution in [0.3, 0.4) is 0 Å². The summed E-state index contributed by atoms with van der Waals surface area (Å²) in [5, 5.41) is 8.89. The number of halogens is 1. The third-order valence-corrected chi connectivity index (χ3v) is 5.81. The Morgan fingerprint density at radius 1 is 0.643 bits per heavy atom. The Balaban J connectivity index is 0. The van der Waals surface area contributed by atoms with Gasteiger partial charge in [0.1, 0.15) is 18.3 Å². The summed E-state index contributed by atoms with van der Waals surface area (Å²) in [6.07, 6.45) is 2.28. The van der Waals surface area contributed by atoms with E-state index in [0.717, 1.165) is 18.6 Å². The number of aromatic hydroxyl groups is 1. The molecular weight excluding hydrogens is 552 g/mol. The number of ether oxygens (including phenoxy) is 4. The number of methoxy groups -OCH3 is 3. The van der Waals surface area contributed by atoms with Crippen molar-refractivity contribution >= 4 is 16.8 Å². The minimum atomic E-state index is -0.361. The van der Waals surface area contributed by atoms with Crippen molar-refractivity contribution in [2.45, 2.75) is 99.8 Å². The van der Waals surface area contributed by atoms with Crippen LogP contribution in [-0.2, 0) is 29.8 Å². The predicted octanol–water partition coefficient (Wildman–Crippen LogP) is 9.50. The summed E-state index contributed by atoms with van der Waals surface area (Å²) < 4.78 is 19.2. The Labute approximate surface area is 262 Å². The second-order valence-electron chi connectivity index (χ2n) is 14.0. The smallest absolute Gasteiger partial charge is 0.218 e. The monoisotopic (exact) mass is 610 g/mol. The van der Waals surface area contributed by atoms with E-state index in [-0.39, 0.29) is 16.1 Å². The third kappa shape index (κ3) is 22.5. The summed E-state index contributed by atoms with van der Waals surface area (Å²) in [4.78, 5) is 9.21. The molecule has 7 heteroatoms. The molecule has 0 saturated heterocycles. The Morgan fingerprint density at radius 3 is 1.21 bits per heavy atom. The lowest BCUT2D eigenvalue weighted by Gasteiger charge is -2.33. The molecular formula is C35H59ClO6. The fraction of sp³-hybridized carbons (Fsp3) is 0.629. The van der Waals surface area contributed by atoms with Gasteiger partial charge in [0, 0.05) is 28.3 Å². The molecule has 0 aliphatic rings. The van der Waals surface area contributed by atoms with Gasteiger partial charge in [0.2, 0.25) is 5.24 Å². The van der Waals surface area contributed by atoms with Gasteiger partial charge in [-0.25, -0.2) is 0 Å². The Morgan fingerprint density at radius 2 is 0.952 bits per heavy atom. The molecule has 0 spiro atoms. The molecule has 0 fully saturated rings. The lowest BCUT2D eigenvalue weighted by Crippen LogP contribution is -2.24. The fourth-order valence-electron chi connectivity index (χ4n) is 5.02. The van der Waals surface area contributed by atoms with E-state index in [1.807, 2.05) is 24.3 Å². The minimum absolute atomic E-state index is 0.159. The van der Waals surface area contributed by atoms with Gasteiger partial charge in [-0.1, -0.05) is 93.5 Å². The van der Waals surface area contributed by atoms with Crippen molar-refractivity contribution in [1.82, 2.24) is 0 Å². The van der Waals surface area contributed by atoms with E-state index in [0.29, 0.717) is 30.2 Å². The zero-order valence-electron chi connectivity index (χ0n) is 28.8. The first-order chi connectivity index (χ1) is 19.1. The minimum Gasteiger partial charge on any atom is -0.508 e. The molecule has 0 saturated carbocycles. The molecule has 1 N–H and O–H groups in total. The quantitative estimate of drug-likeness (QED) is 0.225. The molecule has 0 radical (unpaired) electrons. The number of phenolic OH excluding ortho intramolecular Hbond substituents is 1. The predicted molar refractivity (Wildman–Crippen MR) is 177 cm³/mol. The summed E-state index contributed by atoms with van der Waals surface area (Å²) >= 11 is 4.64. The highest BCUT2D eigenvalue weighted by molar-refractivity contribution is 6.62. The van der Waals surface area contributed by atoms with Crippen LogP contribution >= 0.6 is 11.6 Å². The molecule has 0 bridgehead atoms. The lowest BCUT2D eigenvalue weighted by molar-refractivity contribution is -0.109. The number of carbonyl (C=O) groups excluding carboxylic acids is 1. The molecule has 2 aromatic rings. The van der Waals surface area contributed by atoms with Crippen molar-refractivity contribution in [3.63, 3.8) is 0 Å². The Hall–Kier alpha value is -2.12. The van der Waals surface area contributed by atoms with E-state index in [1.54, 1.807) is 33.5 Å². The van der Waals surface area contributed by atoms with Crippen molar-refractivity contribution in [3.05, 3.63) is 59.7 Å². The number of hydrogen-bond donors (Lipinski definition) is 1. The van der Waals surface area contributed by atoms with Crippen molar-refractivity contribution in [2.24, 2.45) is 10.8 Å². The van der Waals surface area contributed by atoms with Gasteiger partial charge in [0.25, 0.3) is 0 Å². The molecule has 0 unspecified atom stereocenters. The standard InChI is InChI=1S/C16H26O2.C14H22O.C3H8O2.C2H3ClO/c1-15(2,3)11-16(4,5)13-7-9-14(10-8-13)18-12-17-6;1-13(2,3)10-14(4,5)11-6-8-12(15)9-7-11;1-4-3-5-2;1-2(3)4/h7-10H,11-12H2,1-6H3;6-9,15H,10H2,1-5H3;3H2,1-2H3;1H3. The zero-order chi connectivity index (χ0) is 33.2. The molecule has 2 rings (SSSR count). The second-order valence-corrected chi connectivity index (χ2v) is 14.6. The summed E-state index contributed by atoms with van der Waals surface area (Å²) in [7, 11) is 4.80. The van der Waals surface area contributed by atoms with E-state index in [1.165, 1.54) is 18.1 Å². The summed E-state index contributed by atoms with van der Waals surface area (Å²) in [5.41, 5.74) is 3.62. The van der Waals surface area contributed by atoms with E-state index in [2.05, 4.69) is 102 Å². The van der Waals surface area contributed by atoms with Crippen LogP contribution in [0, 0.1) is 10.8 Å². The molecule has 2 aromatic carbocycles. The number of carbonyl (C=O) groups is 1. The number of hydrogen-bond acceptors (Lipinski definition) is 6. The average Bonchev–Trinajstić information content (AvgIpc) is 2.81. The molecule has 0 aliphatic heterocycles. The van der Waals surface area contributed by atoms with E-state index < -0.39 is 0 Å². The Bertz CT molecular complexity index is 963. The van der Waals surface area contributed by atoms with Crippen LogP contribution in [0.1, 0.15) is 100 Å². The number of phenols is 1. The second kappa shape index (κ2) is 20.0. The number of rotatable bonds is 9. The summed E-state index contributed by atoms with van der Waals surface area (Å²) in [6, 6.07) is 15.9. The van der Waals surface area contributed by atoms with Gasteiger partial charge < -0.3 is 24.1 Å². The zero-order valence-corrected chi connectivity index (χ0v) is 29.6. The molecule has 42 heavy (non-hydrogen) atoms. The maximum Gasteiger partial charge on any atom is 0.218 e. The SMILES string of the molecule is CC(=O)Cl.CC(C)(C)CC(C)(C)c1ccc(O)cc1.COCOC.COCOc1ccc(C(C)(C)CC(C)(C)C)cc1. The van der Waals surface area contributed by atoms with Gasteiger partial charge in [-0.3, -0.25) is 4.79 Å². The number of benzene rings is 2. The van der Waals surface area contributed by atoms with Crippen molar-refractivity contribution in [3.8, 4) is 11.5 Å². The molecule has 6 nitrogen and oxygen atoms in total. The highest BCUT2D eigenvalue weighted by atomic mass is 35.5. The third-order valence-electron chi connectivity index (χ3n) is 5.81. The maximum absolute atomic E-state index is 9.25. The van der Waals surface area contributed by atoms with Crippen LogP contribution in [0.25, 0.3) is 0 Å². The van der Waals surface area contributed by atoms with Crippen molar-refractivity contribution in [1.29, 1.82) is 0 Å². The highest BCUT2D eigenvalue weighted by Crippen LogP contribution is 2.37. The topological polar surface area (TPSA) is 74.2 Å². The first-order valence-corrected chi connectivity index (χ1v) is 14.6. The van der Waals surface area contributed by atoms with Gasteiger partial charge in [-0.2, -0.15) is 0 Å². The van der Waals surface area contributed by atoms with Crippen LogP contribution in [0.4, 0.5) is 0 Å². The average molecular weight is 611 g/mol. The van der Waals surface area contributed by atoms with Gasteiger partial charge in [-0.15, -0.1) is 0 Å². The molecule has 0 heterocycles.